The van der Waals surface area contributed by atoms with Gasteiger partial charge in [-0.25, -0.2) is 0 Å². The quantitative estimate of drug-likeness (QED) is 0.935. The van der Waals surface area contributed by atoms with E-state index in [1.54, 1.807) is 27.1 Å². The lowest BCUT2D eigenvalue weighted by molar-refractivity contribution is -0.142. The van der Waals surface area contributed by atoms with Crippen molar-refractivity contribution in [2.45, 2.75) is 25.9 Å². The maximum atomic E-state index is 12.3. The average Bonchev–Trinajstić information content (AvgIpc) is 3.12. The van der Waals surface area contributed by atoms with E-state index in [4.69, 9.17) is 0 Å². The number of carboxylic acid groups (broad SMARTS) is 1. The highest BCUT2D eigenvalue weighted by molar-refractivity contribution is 7.12. The molecule has 0 aromatic carbocycles. The van der Waals surface area contributed by atoms with Crippen LogP contribution in [0, 0.1) is 12.8 Å². The van der Waals surface area contributed by atoms with Gasteiger partial charge in [0.15, 0.2) is 0 Å². The summed E-state index contributed by atoms with van der Waals surface area (Å²) in [4.78, 5) is 27.6. The minimum atomic E-state index is -0.918. The van der Waals surface area contributed by atoms with Gasteiger partial charge in [0.1, 0.15) is 0 Å². The minimum absolute atomic E-state index is 0.0528. The third-order valence-corrected chi connectivity index (χ3v) is 4.98. The SMILES string of the molecule is Cc1ccc(C2C(C(=O)O)CC(=O)N2Cc2cnn(C)c2)s1. The molecule has 1 aliphatic rings. The highest BCUT2D eigenvalue weighted by atomic mass is 32.1. The third kappa shape index (κ3) is 2.64. The van der Waals surface area contributed by atoms with E-state index in [9.17, 15) is 14.7 Å². The largest absolute Gasteiger partial charge is 0.481 e. The Morgan fingerprint density at radius 3 is 2.82 bits per heavy atom. The number of amides is 1. The molecule has 3 heterocycles. The zero-order chi connectivity index (χ0) is 15.9. The number of aliphatic carboxylic acids is 1. The second kappa shape index (κ2) is 5.57. The molecule has 0 bridgehead atoms. The fraction of sp³-hybridized carbons (Fsp3) is 0.400. The first-order chi connectivity index (χ1) is 10.5. The topological polar surface area (TPSA) is 75.4 Å². The number of aryl methyl sites for hydroxylation is 2. The summed E-state index contributed by atoms with van der Waals surface area (Å²) in [5, 5.41) is 13.6. The summed E-state index contributed by atoms with van der Waals surface area (Å²) < 4.78 is 1.68. The molecule has 2 atom stereocenters. The van der Waals surface area contributed by atoms with Crippen LogP contribution in [-0.4, -0.2) is 31.7 Å². The molecule has 3 rings (SSSR count). The summed E-state index contributed by atoms with van der Waals surface area (Å²) in [5.74, 6) is -1.73. The molecule has 1 amide bonds. The van der Waals surface area contributed by atoms with Crippen molar-refractivity contribution in [2.24, 2.45) is 13.0 Å². The van der Waals surface area contributed by atoms with E-state index in [1.807, 2.05) is 32.3 Å². The summed E-state index contributed by atoms with van der Waals surface area (Å²) in [5.41, 5.74) is 0.903. The van der Waals surface area contributed by atoms with Crippen LogP contribution in [0.15, 0.2) is 24.5 Å². The van der Waals surface area contributed by atoms with Crippen molar-refractivity contribution < 1.29 is 14.7 Å². The lowest BCUT2D eigenvalue weighted by Gasteiger charge is -2.25. The standard InChI is InChI=1S/C15H17N3O3S/c1-9-3-4-12(22-9)14-11(15(20)21)5-13(19)18(14)8-10-6-16-17(2)7-10/h3-4,6-7,11,14H,5,8H2,1-2H3,(H,20,21). The predicted molar refractivity (Wildman–Crippen MR) is 81.3 cm³/mol. The van der Waals surface area contributed by atoms with Crippen LogP contribution in [-0.2, 0) is 23.2 Å². The third-order valence-electron chi connectivity index (χ3n) is 3.91. The monoisotopic (exact) mass is 319 g/mol. The molecule has 0 saturated carbocycles. The van der Waals surface area contributed by atoms with Gasteiger partial charge in [-0.3, -0.25) is 14.3 Å². The van der Waals surface area contributed by atoms with Gasteiger partial charge < -0.3 is 10.0 Å². The molecule has 6 nitrogen and oxygen atoms in total. The molecule has 1 fully saturated rings. The molecule has 1 aliphatic heterocycles. The number of thiophene rings is 1. The van der Waals surface area contributed by atoms with Crippen LogP contribution in [0.5, 0.6) is 0 Å². The van der Waals surface area contributed by atoms with Crippen LogP contribution in [0.25, 0.3) is 0 Å². The second-order valence-corrected chi connectivity index (χ2v) is 6.91. The molecule has 2 unspecified atom stereocenters. The number of carbonyl (C=O) groups excluding carboxylic acids is 1. The van der Waals surface area contributed by atoms with Crippen LogP contribution in [0.4, 0.5) is 0 Å². The van der Waals surface area contributed by atoms with Crippen molar-refractivity contribution in [2.75, 3.05) is 0 Å². The number of carbonyl (C=O) groups is 2. The van der Waals surface area contributed by atoms with Gasteiger partial charge in [0.05, 0.1) is 18.2 Å². The number of hydrogen-bond acceptors (Lipinski definition) is 4. The van der Waals surface area contributed by atoms with Crippen molar-refractivity contribution in [3.8, 4) is 0 Å². The summed E-state index contributed by atoms with van der Waals surface area (Å²) in [6.45, 7) is 2.37. The maximum Gasteiger partial charge on any atom is 0.309 e. The van der Waals surface area contributed by atoms with Crippen LogP contribution >= 0.6 is 11.3 Å². The zero-order valence-corrected chi connectivity index (χ0v) is 13.2. The van der Waals surface area contributed by atoms with Gasteiger partial charge in [-0.1, -0.05) is 0 Å². The first-order valence-corrected chi connectivity index (χ1v) is 7.83. The Bertz CT molecular complexity index is 721. The maximum absolute atomic E-state index is 12.3. The number of nitrogens with zero attached hydrogens (tertiary/aromatic N) is 3. The Balaban J connectivity index is 1.94. The van der Waals surface area contributed by atoms with Crippen molar-refractivity contribution in [1.29, 1.82) is 0 Å². The van der Waals surface area contributed by atoms with E-state index in [2.05, 4.69) is 5.10 Å². The average molecular weight is 319 g/mol. The van der Waals surface area contributed by atoms with E-state index in [0.29, 0.717) is 6.54 Å². The van der Waals surface area contributed by atoms with Crippen molar-refractivity contribution in [1.82, 2.24) is 14.7 Å². The van der Waals surface area contributed by atoms with Crippen LogP contribution < -0.4 is 0 Å². The Hall–Kier alpha value is -2.15. The van der Waals surface area contributed by atoms with Gasteiger partial charge in [0, 0.05) is 41.5 Å². The summed E-state index contributed by atoms with van der Waals surface area (Å²) >= 11 is 1.55. The Kier molecular flexibility index (Phi) is 3.74. The highest BCUT2D eigenvalue weighted by Gasteiger charge is 2.45. The number of rotatable bonds is 4. The van der Waals surface area contributed by atoms with Gasteiger partial charge >= 0.3 is 5.97 Å². The summed E-state index contributed by atoms with van der Waals surface area (Å²) in [6, 6.07) is 3.49. The van der Waals surface area contributed by atoms with Crippen LogP contribution in [0.3, 0.4) is 0 Å². The fourth-order valence-electron chi connectivity index (χ4n) is 2.91. The van der Waals surface area contributed by atoms with Gasteiger partial charge in [0.25, 0.3) is 0 Å². The molecule has 1 saturated heterocycles. The van der Waals surface area contributed by atoms with Gasteiger partial charge in [0.2, 0.25) is 5.91 Å². The number of carboxylic acids is 1. The van der Waals surface area contributed by atoms with E-state index in [0.717, 1.165) is 15.3 Å². The number of aromatic nitrogens is 2. The van der Waals surface area contributed by atoms with E-state index in [-0.39, 0.29) is 12.3 Å². The molecule has 2 aromatic heterocycles. The van der Waals surface area contributed by atoms with E-state index >= 15 is 0 Å². The molecule has 0 radical (unpaired) electrons. The lowest BCUT2D eigenvalue weighted by Crippen LogP contribution is -2.29. The number of hydrogen-bond donors (Lipinski definition) is 1. The van der Waals surface area contributed by atoms with E-state index < -0.39 is 17.9 Å². The Morgan fingerprint density at radius 1 is 1.50 bits per heavy atom. The fourth-order valence-corrected chi connectivity index (χ4v) is 3.97. The Morgan fingerprint density at radius 2 is 2.27 bits per heavy atom. The van der Waals surface area contributed by atoms with Crippen LogP contribution in [0.1, 0.15) is 27.8 Å². The molecule has 0 spiro atoms. The van der Waals surface area contributed by atoms with Crippen molar-refractivity contribution in [3.63, 3.8) is 0 Å². The zero-order valence-electron chi connectivity index (χ0n) is 12.4. The van der Waals surface area contributed by atoms with Crippen molar-refractivity contribution >= 4 is 23.2 Å². The molecule has 2 aromatic rings. The lowest BCUT2D eigenvalue weighted by atomic mass is 9.99. The van der Waals surface area contributed by atoms with Gasteiger partial charge in [-0.2, -0.15) is 5.10 Å². The molecule has 1 N–H and O–H groups in total. The molecule has 0 aliphatic carbocycles. The van der Waals surface area contributed by atoms with Crippen molar-refractivity contribution in [3.05, 3.63) is 39.8 Å². The van der Waals surface area contributed by atoms with Crippen LogP contribution in [0.2, 0.25) is 0 Å². The first kappa shape index (κ1) is 14.8. The second-order valence-electron chi connectivity index (χ2n) is 5.59. The summed E-state index contributed by atoms with van der Waals surface area (Å²) in [6.07, 6.45) is 3.60. The molecular formula is C15H17N3O3S. The van der Waals surface area contributed by atoms with Gasteiger partial charge in [-0.15, -0.1) is 11.3 Å². The normalized spacial score (nSPS) is 21.5. The van der Waals surface area contributed by atoms with Gasteiger partial charge in [-0.05, 0) is 19.1 Å². The molecule has 116 valence electrons. The smallest absolute Gasteiger partial charge is 0.309 e. The molecule has 22 heavy (non-hydrogen) atoms. The molecule has 7 heteroatoms. The summed E-state index contributed by atoms with van der Waals surface area (Å²) in [7, 11) is 1.81. The minimum Gasteiger partial charge on any atom is -0.481 e. The predicted octanol–water partition coefficient (Wildman–Crippen LogP) is 1.96. The Labute approximate surface area is 132 Å². The highest BCUT2D eigenvalue weighted by Crippen LogP contribution is 2.41. The van der Waals surface area contributed by atoms with E-state index in [1.165, 1.54) is 0 Å². The number of likely N-dealkylation sites (tertiary alicyclic amines) is 1. The first-order valence-electron chi connectivity index (χ1n) is 7.02. The molecular weight excluding hydrogens is 302 g/mol.